The largest absolute Gasteiger partial charge is 0.453 e. The molecular formula is C10H12F4O7S. The average molecular weight is 352 g/mol. The topological polar surface area (TPSA) is 107 Å². The van der Waals surface area contributed by atoms with E-state index in [0.29, 0.717) is 6.92 Å². The van der Waals surface area contributed by atoms with Crippen LogP contribution in [0.1, 0.15) is 13.8 Å². The first-order valence-electron chi connectivity index (χ1n) is 5.39. The predicted octanol–water partition coefficient (Wildman–Crippen LogP) is 1.15. The molecule has 0 saturated heterocycles. The molecule has 12 heteroatoms. The number of rotatable bonds is 7. The van der Waals surface area contributed by atoms with Gasteiger partial charge in [0.15, 0.2) is 12.7 Å². The van der Waals surface area contributed by atoms with Crippen LogP contribution in [0.15, 0.2) is 12.2 Å². The van der Waals surface area contributed by atoms with Gasteiger partial charge in [0, 0.05) is 5.57 Å². The van der Waals surface area contributed by atoms with Crippen LogP contribution < -0.4 is 0 Å². The van der Waals surface area contributed by atoms with E-state index in [9.17, 15) is 35.6 Å². The molecule has 22 heavy (non-hydrogen) atoms. The summed E-state index contributed by atoms with van der Waals surface area (Å²) in [5.74, 6) is -8.35. The Morgan fingerprint density at radius 3 is 2.09 bits per heavy atom. The van der Waals surface area contributed by atoms with Gasteiger partial charge in [-0.3, -0.25) is 4.55 Å². The number of carbonyl (C=O) groups excluding carboxylic acids is 2. The summed E-state index contributed by atoms with van der Waals surface area (Å²) in [6, 6.07) is 0. The van der Waals surface area contributed by atoms with E-state index in [-0.39, 0.29) is 5.57 Å². The molecule has 0 aromatic carbocycles. The molecular weight excluding hydrogens is 340 g/mol. The lowest BCUT2D eigenvalue weighted by Crippen LogP contribution is -2.45. The average Bonchev–Trinajstić information content (AvgIpc) is 2.33. The minimum Gasteiger partial charge on any atom is -0.453 e. The van der Waals surface area contributed by atoms with Crippen LogP contribution in [0.2, 0.25) is 0 Å². The van der Waals surface area contributed by atoms with Crippen molar-refractivity contribution >= 4 is 22.1 Å². The molecule has 1 atom stereocenters. The Kier molecular flexibility index (Phi) is 6.10. The third-order valence-corrected chi connectivity index (χ3v) is 3.04. The molecule has 128 valence electrons. The monoisotopic (exact) mass is 352 g/mol. The Balaban J connectivity index is 4.90. The maximum Gasteiger partial charge on any atom is 0.402 e. The molecule has 0 aromatic rings. The van der Waals surface area contributed by atoms with E-state index in [1.807, 2.05) is 0 Å². The van der Waals surface area contributed by atoms with E-state index in [1.165, 1.54) is 0 Å². The number of hydrogen-bond acceptors (Lipinski definition) is 6. The lowest BCUT2D eigenvalue weighted by molar-refractivity contribution is -0.198. The highest BCUT2D eigenvalue weighted by Crippen LogP contribution is 2.26. The van der Waals surface area contributed by atoms with Gasteiger partial charge < -0.3 is 9.47 Å². The zero-order valence-corrected chi connectivity index (χ0v) is 12.1. The number of esters is 2. The molecule has 0 radical (unpaired) electrons. The molecule has 0 rings (SSSR count). The molecule has 0 amide bonds. The fourth-order valence-electron chi connectivity index (χ4n) is 0.821. The molecule has 0 heterocycles. The first kappa shape index (κ1) is 20.3. The summed E-state index contributed by atoms with van der Waals surface area (Å²) in [6.45, 7) is 2.49. The highest BCUT2D eigenvalue weighted by atomic mass is 32.2. The van der Waals surface area contributed by atoms with Gasteiger partial charge in [-0.15, -0.1) is 0 Å². The third kappa shape index (κ3) is 4.94. The highest BCUT2D eigenvalue weighted by Gasteiger charge is 2.52. The first-order chi connectivity index (χ1) is 9.63. The van der Waals surface area contributed by atoms with Gasteiger partial charge in [0.05, 0.1) is 0 Å². The Morgan fingerprint density at radius 1 is 1.27 bits per heavy atom. The van der Waals surface area contributed by atoms with Gasteiger partial charge in [0.25, 0.3) is 0 Å². The van der Waals surface area contributed by atoms with E-state index in [0.717, 1.165) is 6.92 Å². The molecule has 0 spiro atoms. The summed E-state index contributed by atoms with van der Waals surface area (Å²) in [5, 5.41) is -4.96. The summed E-state index contributed by atoms with van der Waals surface area (Å²) in [6.07, 6.45) is -2.39. The predicted molar refractivity (Wildman–Crippen MR) is 62.8 cm³/mol. The molecule has 0 aliphatic rings. The van der Waals surface area contributed by atoms with E-state index in [2.05, 4.69) is 16.1 Å². The zero-order valence-electron chi connectivity index (χ0n) is 11.3. The third-order valence-electron chi connectivity index (χ3n) is 2.16. The molecule has 0 bridgehead atoms. The Hall–Kier alpha value is -1.69. The van der Waals surface area contributed by atoms with Crippen molar-refractivity contribution in [1.29, 1.82) is 0 Å². The highest BCUT2D eigenvalue weighted by molar-refractivity contribution is 7.86. The van der Waals surface area contributed by atoms with Crippen molar-refractivity contribution in [2.75, 3.05) is 6.61 Å². The number of alkyl halides is 4. The van der Waals surface area contributed by atoms with Gasteiger partial charge in [0.1, 0.15) is 0 Å². The van der Waals surface area contributed by atoms with E-state index >= 15 is 0 Å². The van der Waals surface area contributed by atoms with Crippen molar-refractivity contribution in [1.82, 2.24) is 0 Å². The molecule has 0 saturated carbocycles. The molecule has 1 unspecified atom stereocenters. The second kappa shape index (κ2) is 6.60. The van der Waals surface area contributed by atoms with Gasteiger partial charge in [-0.05, 0) is 13.8 Å². The minimum absolute atomic E-state index is 0.256. The summed E-state index contributed by atoms with van der Waals surface area (Å²) in [4.78, 5) is 22.1. The van der Waals surface area contributed by atoms with Crippen LogP contribution >= 0.6 is 0 Å². The van der Waals surface area contributed by atoms with Gasteiger partial charge >= 0.3 is 33.2 Å². The zero-order chi connectivity index (χ0) is 17.9. The fraction of sp³-hybridized carbons (Fsp3) is 0.600. The summed E-state index contributed by atoms with van der Waals surface area (Å²) in [7, 11) is -5.95. The molecule has 0 aliphatic heterocycles. The van der Waals surface area contributed by atoms with Crippen molar-refractivity contribution in [3.05, 3.63) is 12.2 Å². The summed E-state index contributed by atoms with van der Waals surface area (Å²) >= 11 is 0. The van der Waals surface area contributed by atoms with Crippen molar-refractivity contribution in [2.45, 2.75) is 31.1 Å². The van der Waals surface area contributed by atoms with E-state index in [1.54, 1.807) is 0 Å². The number of hydrogen-bond donors (Lipinski definition) is 1. The molecule has 0 aliphatic carbocycles. The smallest absolute Gasteiger partial charge is 0.402 e. The summed E-state index contributed by atoms with van der Waals surface area (Å²) < 4.78 is 88.6. The Bertz CT molecular complexity index is 570. The SMILES string of the molecule is C=C(C)C(=O)OC(C)C(F)(F)C(=O)OCC(F)(F)S(=O)(=O)O. The van der Waals surface area contributed by atoms with Gasteiger partial charge in [-0.2, -0.15) is 26.0 Å². The molecule has 7 nitrogen and oxygen atoms in total. The minimum atomic E-state index is -5.95. The second-order valence-corrected chi connectivity index (χ2v) is 5.69. The summed E-state index contributed by atoms with van der Waals surface area (Å²) in [5.41, 5.74) is -0.256. The van der Waals surface area contributed by atoms with Gasteiger partial charge in [0.2, 0.25) is 0 Å². The van der Waals surface area contributed by atoms with Gasteiger partial charge in [-0.1, -0.05) is 6.58 Å². The second-order valence-electron chi connectivity index (χ2n) is 4.14. The quantitative estimate of drug-likeness (QED) is 0.317. The normalized spacial score (nSPS) is 14.1. The van der Waals surface area contributed by atoms with Crippen molar-refractivity contribution < 1.29 is 49.6 Å². The van der Waals surface area contributed by atoms with Crippen LogP contribution in [0.5, 0.6) is 0 Å². The molecule has 0 aromatic heterocycles. The maximum absolute atomic E-state index is 13.5. The van der Waals surface area contributed by atoms with Crippen molar-refractivity contribution in [3.63, 3.8) is 0 Å². The Labute approximate surface area is 122 Å². The van der Waals surface area contributed by atoms with Crippen LogP contribution in [-0.4, -0.2) is 48.8 Å². The number of ether oxygens (including phenoxy) is 2. The van der Waals surface area contributed by atoms with Crippen LogP contribution in [0.3, 0.4) is 0 Å². The van der Waals surface area contributed by atoms with E-state index < -0.39 is 45.9 Å². The van der Waals surface area contributed by atoms with Crippen LogP contribution in [0, 0.1) is 0 Å². The maximum atomic E-state index is 13.5. The van der Waals surface area contributed by atoms with Crippen LogP contribution in [0.25, 0.3) is 0 Å². The molecule has 0 fully saturated rings. The van der Waals surface area contributed by atoms with E-state index in [4.69, 9.17) is 4.55 Å². The van der Waals surface area contributed by atoms with Gasteiger partial charge in [-0.25, -0.2) is 9.59 Å². The fourth-order valence-corrected chi connectivity index (χ4v) is 1.03. The molecule has 1 N–H and O–H groups in total. The Morgan fingerprint density at radius 2 is 1.73 bits per heavy atom. The lowest BCUT2D eigenvalue weighted by atomic mass is 10.2. The van der Waals surface area contributed by atoms with Crippen molar-refractivity contribution in [3.8, 4) is 0 Å². The number of carbonyl (C=O) groups is 2. The lowest BCUT2D eigenvalue weighted by Gasteiger charge is -2.22. The van der Waals surface area contributed by atoms with Crippen molar-refractivity contribution in [2.24, 2.45) is 0 Å². The first-order valence-corrected chi connectivity index (χ1v) is 6.83. The number of halogens is 4. The van der Waals surface area contributed by atoms with Crippen LogP contribution in [0.4, 0.5) is 17.6 Å². The standard InChI is InChI=1S/C10H12F4O7S/c1-5(2)7(15)21-6(3)10(13,14)8(16)20-4-9(11,12)22(17,18)19/h6H,1,4H2,2-3H3,(H,17,18,19). The van der Waals surface area contributed by atoms with Crippen LogP contribution in [-0.2, 0) is 29.2 Å².